The van der Waals surface area contributed by atoms with Crippen molar-refractivity contribution in [2.75, 3.05) is 0 Å². The Morgan fingerprint density at radius 3 is 1.66 bits per heavy atom. The molecule has 0 aliphatic rings. The van der Waals surface area contributed by atoms with Gasteiger partial charge in [-0.05, 0) is 50.2 Å². The van der Waals surface area contributed by atoms with Crippen molar-refractivity contribution in [3.8, 4) is 11.1 Å². The van der Waals surface area contributed by atoms with E-state index >= 15 is 0 Å². The molecule has 0 aliphatic carbocycles. The predicted molar refractivity (Wildman–Crippen MR) is 137 cm³/mol. The minimum absolute atomic E-state index is 0.0604. The molecule has 0 fully saturated rings. The summed E-state index contributed by atoms with van der Waals surface area (Å²) in [6.45, 7) is 6.59. The summed E-state index contributed by atoms with van der Waals surface area (Å²) < 4.78 is 14.2. The first-order valence-corrected chi connectivity index (χ1v) is 12.1. The van der Waals surface area contributed by atoms with Crippen molar-refractivity contribution < 1.29 is 4.21 Å². The molecular formula is C30H26OS. The molecule has 32 heavy (non-hydrogen) atoms. The number of benzene rings is 5. The Morgan fingerprint density at radius 1 is 0.562 bits per heavy atom. The first-order valence-electron chi connectivity index (χ1n) is 11.0. The van der Waals surface area contributed by atoms with E-state index in [1.165, 1.54) is 10.9 Å². The van der Waals surface area contributed by atoms with Crippen molar-refractivity contribution in [3.63, 3.8) is 0 Å². The fourth-order valence-electron chi connectivity index (χ4n) is 4.39. The lowest BCUT2D eigenvalue weighted by Crippen LogP contribution is -2.10. The maximum absolute atomic E-state index is 14.2. The average molecular weight is 435 g/mol. The number of hydrogen-bond donors (Lipinski definition) is 0. The highest BCUT2D eigenvalue weighted by Crippen LogP contribution is 2.42. The van der Waals surface area contributed by atoms with Gasteiger partial charge < -0.3 is 0 Å². The van der Waals surface area contributed by atoms with Crippen molar-refractivity contribution in [1.29, 1.82) is 0 Å². The molecule has 0 aliphatic heterocycles. The maximum Gasteiger partial charge on any atom is 0.0862 e. The Labute approximate surface area is 192 Å². The minimum Gasteiger partial charge on any atom is -0.249 e. The normalized spacial score (nSPS) is 12.8. The smallest absolute Gasteiger partial charge is 0.0862 e. The number of rotatable bonds is 3. The summed E-state index contributed by atoms with van der Waals surface area (Å²) in [4.78, 5) is 1.71. The van der Waals surface area contributed by atoms with Gasteiger partial charge in [0.05, 0.1) is 15.7 Å². The zero-order valence-electron chi connectivity index (χ0n) is 18.6. The van der Waals surface area contributed by atoms with Gasteiger partial charge >= 0.3 is 0 Å². The molecule has 0 saturated carbocycles. The average Bonchev–Trinajstić information content (AvgIpc) is 2.83. The monoisotopic (exact) mass is 434 g/mol. The van der Waals surface area contributed by atoms with Gasteiger partial charge in [0.1, 0.15) is 0 Å². The van der Waals surface area contributed by atoms with E-state index in [0.717, 1.165) is 37.1 Å². The van der Waals surface area contributed by atoms with Gasteiger partial charge in [-0.2, -0.15) is 0 Å². The van der Waals surface area contributed by atoms with E-state index < -0.39 is 10.8 Å². The summed E-state index contributed by atoms with van der Waals surface area (Å²) in [7, 11) is -1.32. The van der Waals surface area contributed by atoms with Gasteiger partial charge in [-0.25, -0.2) is 4.21 Å². The molecule has 1 atom stereocenters. The zero-order chi connectivity index (χ0) is 22.3. The molecule has 2 heteroatoms. The standard InChI is InChI=1S/C30H26OS/c1-30(2,3)22-17-19-23(20-18-22)32(31)29-27-16-10-8-14-25(27)24-13-7-9-15-26(24)28(29)21-11-5-4-6-12-21/h4-20H,1-3H3. The largest absolute Gasteiger partial charge is 0.249 e. The van der Waals surface area contributed by atoms with Gasteiger partial charge in [0, 0.05) is 10.5 Å². The van der Waals surface area contributed by atoms with E-state index in [4.69, 9.17) is 0 Å². The van der Waals surface area contributed by atoms with E-state index in [9.17, 15) is 4.21 Å². The van der Waals surface area contributed by atoms with Gasteiger partial charge in [0.2, 0.25) is 0 Å². The number of fused-ring (bicyclic) bond motifs is 3. The Morgan fingerprint density at radius 2 is 1.06 bits per heavy atom. The molecule has 0 radical (unpaired) electrons. The first kappa shape index (κ1) is 20.7. The van der Waals surface area contributed by atoms with E-state index in [1.807, 2.05) is 36.4 Å². The van der Waals surface area contributed by atoms with E-state index in [-0.39, 0.29) is 5.41 Å². The van der Waals surface area contributed by atoms with Crippen LogP contribution in [-0.4, -0.2) is 4.21 Å². The lowest BCUT2D eigenvalue weighted by atomic mass is 9.87. The van der Waals surface area contributed by atoms with Crippen molar-refractivity contribution in [1.82, 2.24) is 0 Å². The van der Waals surface area contributed by atoms with Crippen LogP contribution < -0.4 is 0 Å². The molecular weight excluding hydrogens is 408 g/mol. The Bertz CT molecular complexity index is 1440. The summed E-state index contributed by atoms with van der Waals surface area (Å²) in [6, 6.07) is 35.4. The molecule has 1 unspecified atom stereocenters. The van der Waals surface area contributed by atoms with E-state index in [2.05, 4.69) is 87.5 Å². The maximum atomic E-state index is 14.2. The van der Waals surface area contributed by atoms with Crippen LogP contribution in [0.4, 0.5) is 0 Å². The van der Waals surface area contributed by atoms with Crippen LogP contribution in [0.1, 0.15) is 26.3 Å². The molecule has 0 heterocycles. The molecule has 0 amide bonds. The van der Waals surface area contributed by atoms with Gasteiger partial charge in [-0.3, -0.25) is 0 Å². The Kier molecular flexibility index (Phi) is 5.19. The second-order valence-electron chi connectivity index (χ2n) is 9.20. The van der Waals surface area contributed by atoms with Gasteiger partial charge in [-0.1, -0.05) is 112 Å². The van der Waals surface area contributed by atoms with E-state index in [1.54, 1.807) is 0 Å². The van der Waals surface area contributed by atoms with Gasteiger partial charge in [0.15, 0.2) is 0 Å². The number of hydrogen-bond acceptors (Lipinski definition) is 1. The highest BCUT2D eigenvalue weighted by atomic mass is 32.2. The molecule has 158 valence electrons. The second-order valence-corrected chi connectivity index (χ2v) is 10.6. The van der Waals surface area contributed by atoms with Crippen molar-refractivity contribution >= 4 is 32.3 Å². The van der Waals surface area contributed by atoms with Crippen molar-refractivity contribution in [2.45, 2.75) is 36.0 Å². The highest BCUT2D eigenvalue weighted by Gasteiger charge is 2.22. The van der Waals surface area contributed by atoms with Crippen molar-refractivity contribution in [2.24, 2.45) is 0 Å². The quantitative estimate of drug-likeness (QED) is 0.262. The van der Waals surface area contributed by atoms with Crippen LogP contribution in [0.3, 0.4) is 0 Å². The zero-order valence-corrected chi connectivity index (χ0v) is 19.4. The Balaban J connectivity index is 1.84. The molecule has 0 bridgehead atoms. The lowest BCUT2D eigenvalue weighted by Gasteiger charge is -2.20. The second kappa shape index (κ2) is 8.03. The fraction of sp³-hybridized carbons (Fsp3) is 0.133. The third-order valence-electron chi connectivity index (χ3n) is 6.07. The van der Waals surface area contributed by atoms with Gasteiger partial charge in [-0.15, -0.1) is 0 Å². The van der Waals surface area contributed by atoms with Gasteiger partial charge in [0.25, 0.3) is 0 Å². The SMILES string of the molecule is CC(C)(C)c1ccc(S(=O)c2c(-c3ccccc3)c3ccccc3c3ccccc23)cc1. The molecule has 5 aromatic rings. The van der Waals surface area contributed by atoms with Crippen LogP contribution in [0.15, 0.2) is 113 Å². The summed E-state index contributed by atoms with van der Waals surface area (Å²) in [6.07, 6.45) is 0. The first-order chi connectivity index (χ1) is 15.4. The van der Waals surface area contributed by atoms with Crippen molar-refractivity contribution in [3.05, 3.63) is 109 Å². The lowest BCUT2D eigenvalue weighted by molar-refractivity contribution is 0.589. The molecule has 0 spiro atoms. The summed E-state index contributed by atoms with van der Waals surface area (Å²) in [5.41, 5.74) is 3.44. The molecule has 0 N–H and O–H groups in total. The molecule has 0 saturated heterocycles. The van der Waals surface area contributed by atoms with E-state index in [0.29, 0.717) is 0 Å². The van der Waals surface area contributed by atoms with Crippen LogP contribution in [0.2, 0.25) is 0 Å². The summed E-state index contributed by atoms with van der Waals surface area (Å²) in [5.74, 6) is 0. The Hall–Kier alpha value is -3.23. The summed E-state index contributed by atoms with van der Waals surface area (Å²) >= 11 is 0. The topological polar surface area (TPSA) is 17.1 Å². The molecule has 5 aromatic carbocycles. The minimum atomic E-state index is -1.32. The third-order valence-corrected chi connectivity index (χ3v) is 7.56. The predicted octanol–water partition coefficient (Wildman–Crippen LogP) is 8.12. The van der Waals surface area contributed by atoms with Crippen LogP contribution >= 0.6 is 0 Å². The van der Waals surface area contributed by atoms with Crippen LogP contribution in [-0.2, 0) is 16.2 Å². The van der Waals surface area contributed by atoms with Crippen LogP contribution in [0.25, 0.3) is 32.7 Å². The van der Waals surface area contributed by atoms with Crippen LogP contribution in [0.5, 0.6) is 0 Å². The summed E-state index contributed by atoms with van der Waals surface area (Å²) in [5, 5.41) is 4.50. The van der Waals surface area contributed by atoms with Crippen LogP contribution in [0, 0.1) is 0 Å². The molecule has 5 rings (SSSR count). The highest BCUT2D eigenvalue weighted by molar-refractivity contribution is 7.85. The fourth-order valence-corrected chi connectivity index (χ4v) is 5.80. The third kappa shape index (κ3) is 3.55. The molecule has 0 aromatic heterocycles. The molecule has 1 nitrogen and oxygen atoms in total.